The van der Waals surface area contributed by atoms with Gasteiger partial charge in [0.2, 0.25) is 0 Å². The molecule has 0 spiro atoms. The summed E-state index contributed by atoms with van der Waals surface area (Å²) in [7, 11) is 0. The van der Waals surface area contributed by atoms with Crippen LogP contribution >= 0.6 is 11.3 Å². The number of aromatic nitrogens is 1. The maximum atomic E-state index is 4.55. The predicted octanol–water partition coefficient (Wildman–Crippen LogP) is 2.05. The molecular weight excluding hydrogens is 258 g/mol. The van der Waals surface area contributed by atoms with Crippen molar-refractivity contribution >= 4 is 32.6 Å². The minimum absolute atomic E-state index is 0.750. The van der Waals surface area contributed by atoms with Crippen LogP contribution in [-0.2, 0) is 0 Å². The smallest absolute Gasteiger partial charge is 0.199 e. The molecule has 1 aromatic carbocycles. The van der Waals surface area contributed by atoms with E-state index in [1.807, 2.05) is 18.2 Å². The van der Waals surface area contributed by atoms with E-state index >= 15 is 0 Å². The standard InChI is InChI=1S/C13H15N5S/c1-2-4-11-10(3-1)16-13(19-11)17-12-14-7-18(8-15-12)9-5-6-9/h1-4,9H,5-8H2,(H2,14,15,16,17). The summed E-state index contributed by atoms with van der Waals surface area (Å²) in [6.07, 6.45) is 2.63. The van der Waals surface area contributed by atoms with Crippen LogP contribution in [0.1, 0.15) is 12.8 Å². The van der Waals surface area contributed by atoms with E-state index in [4.69, 9.17) is 0 Å². The SMILES string of the molecule is c1ccc2sc(NC3=NCN(C4CC4)CN3)nc2c1. The normalized spacial score (nSPS) is 20.1. The fourth-order valence-corrected chi connectivity index (χ4v) is 3.10. The average molecular weight is 273 g/mol. The first-order valence-corrected chi connectivity index (χ1v) is 7.35. The number of rotatable bonds is 2. The molecule has 19 heavy (non-hydrogen) atoms. The average Bonchev–Trinajstić information content (AvgIpc) is 3.20. The molecule has 98 valence electrons. The van der Waals surface area contributed by atoms with Gasteiger partial charge in [0.25, 0.3) is 0 Å². The molecule has 0 atom stereocenters. The molecule has 2 N–H and O–H groups in total. The molecule has 2 heterocycles. The van der Waals surface area contributed by atoms with E-state index in [0.29, 0.717) is 0 Å². The fourth-order valence-electron chi connectivity index (χ4n) is 2.24. The van der Waals surface area contributed by atoms with Gasteiger partial charge in [-0.3, -0.25) is 4.90 Å². The van der Waals surface area contributed by atoms with Gasteiger partial charge in [0.15, 0.2) is 11.1 Å². The van der Waals surface area contributed by atoms with Crippen molar-refractivity contribution in [3.05, 3.63) is 24.3 Å². The molecule has 0 unspecified atom stereocenters. The third kappa shape index (κ3) is 2.29. The molecule has 4 rings (SSSR count). The van der Waals surface area contributed by atoms with E-state index in [0.717, 1.165) is 36.0 Å². The zero-order valence-electron chi connectivity index (χ0n) is 10.5. The van der Waals surface area contributed by atoms with Crippen molar-refractivity contribution in [2.24, 2.45) is 4.99 Å². The Morgan fingerprint density at radius 3 is 2.95 bits per heavy atom. The summed E-state index contributed by atoms with van der Waals surface area (Å²) in [6, 6.07) is 8.91. The Morgan fingerprint density at radius 2 is 2.21 bits per heavy atom. The van der Waals surface area contributed by atoms with E-state index < -0.39 is 0 Å². The topological polar surface area (TPSA) is 52.6 Å². The lowest BCUT2D eigenvalue weighted by Gasteiger charge is -2.26. The first-order chi connectivity index (χ1) is 9.38. The molecular formula is C13H15N5S. The van der Waals surface area contributed by atoms with Gasteiger partial charge in [-0.1, -0.05) is 23.5 Å². The monoisotopic (exact) mass is 273 g/mol. The Morgan fingerprint density at radius 1 is 1.32 bits per heavy atom. The molecule has 0 saturated heterocycles. The van der Waals surface area contributed by atoms with Crippen LogP contribution in [0.2, 0.25) is 0 Å². The highest BCUT2D eigenvalue weighted by Gasteiger charge is 2.30. The Balaban J connectivity index is 1.48. The predicted molar refractivity (Wildman–Crippen MR) is 78.4 cm³/mol. The van der Waals surface area contributed by atoms with Gasteiger partial charge >= 0.3 is 0 Å². The summed E-state index contributed by atoms with van der Waals surface area (Å²) in [5.74, 6) is 0.830. The lowest BCUT2D eigenvalue weighted by atomic mass is 10.3. The molecule has 0 bridgehead atoms. The molecule has 6 heteroatoms. The number of nitrogens with zero attached hydrogens (tertiary/aromatic N) is 3. The molecule has 1 saturated carbocycles. The van der Waals surface area contributed by atoms with Crippen molar-refractivity contribution in [2.45, 2.75) is 18.9 Å². The molecule has 2 aromatic rings. The van der Waals surface area contributed by atoms with E-state index in [9.17, 15) is 0 Å². The third-order valence-corrected chi connectivity index (χ3v) is 4.39. The first-order valence-electron chi connectivity index (χ1n) is 6.53. The molecule has 2 aliphatic rings. The molecule has 0 amide bonds. The number of anilines is 1. The lowest BCUT2D eigenvalue weighted by molar-refractivity contribution is 0.255. The second-order valence-electron chi connectivity index (χ2n) is 4.91. The van der Waals surface area contributed by atoms with Crippen LogP contribution in [-0.4, -0.2) is 35.2 Å². The van der Waals surface area contributed by atoms with Crippen LogP contribution in [0.5, 0.6) is 0 Å². The van der Waals surface area contributed by atoms with Gasteiger partial charge in [-0.25, -0.2) is 9.98 Å². The number of hydrogen-bond acceptors (Lipinski definition) is 6. The van der Waals surface area contributed by atoms with Crippen LogP contribution in [0.3, 0.4) is 0 Å². The quantitative estimate of drug-likeness (QED) is 0.879. The Labute approximate surface area is 115 Å². The van der Waals surface area contributed by atoms with Crippen molar-refractivity contribution in [1.29, 1.82) is 0 Å². The fraction of sp³-hybridized carbons (Fsp3) is 0.385. The molecule has 0 radical (unpaired) electrons. The summed E-state index contributed by atoms with van der Waals surface area (Å²) < 4.78 is 1.20. The van der Waals surface area contributed by atoms with E-state index in [1.54, 1.807) is 11.3 Å². The Hall–Kier alpha value is -1.66. The van der Waals surface area contributed by atoms with E-state index in [1.165, 1.54) is 17.5 Å². The molecule has 1 aromatic heterocycles. The van der Waals surface area contributed by atoms with Crippen molar-refractivity contribution < 1.29 is 0 Å². The van der Waals surface area contributed by atoms with Gasteiger partial charge in [0, 0.05) is 6.04 Å². The molecule has 1 aliphatic heterocycles. The second-order valence-corrected chi connectivity index (χ2v) is 5.95. The number of para-hydroxylation sites is 1. The van der Waals surface area contributed by atoms with Gasteiger partial charge in [0.05, 0.1) is 23.6 Å². The largest absolute Gasteiger partial charge is 0.343 e. The van der Waals surface area contributed by atoms with Crippen molar-refractivity contribution in [2.75, 3.05) is 18.7 Å². The second kappa shape index (κ2) is 4.47. The highest BCUT2D eigenvalue weighted by molar-refractivity contribution is 7.22. The van der Waals surface area contributed by atoms with Gasteiger partial charge in [0.1, 0.15) is 0 Å². The summed E-state index contributed by atoms with van der Waals surface area (Å²) in [6.45, 7) is 1.66. The highest BCUT2D eigenvalue weighted by Crippen LogP contribution is 2.27. The van der Waals surface area contributed by atoms with E-state index in [2.05, 4.69) is 31.6 Å². The zero-order valence-corrected chi connectivity index (χ0v) is 11.3. The summed E-state index contributed by atoms with van der Waals surface area (Å²) in [5, 5.41) is 7.48. The number of thiazole rings is 1. The van der Waals surface area contributed by atoms with Crippen LogP contribution in [0.15, 0.2) is 29.3 Å². The number of benzene rings is 1. The highest BCUT2D eigenvalue weighted by atomic mass is 32.1. The van der Waals surface area contributed by atoms with Gasteiger partial charge in [-0.05, 0) is 25.0 Å². The Bertz CT molecular complexity index is 598. The van der Waals surface area contributed by atoms with Crippen LogP contribution in [0.4, 0.5) is 5.13 Å². The summed E-state index contributed by atoms with van der Waals surface area (Å²) in [5.41, 5.74) is 1.03. The summed E-state index contributed by atoms with van der Waals surface area (Å²) >= 11 is 1.65. The van der Waals surface area contributed by atoms with Crippen molar-refractivity contribution in [3.63, 3.8) is 0 Å². The maximum absolute atomic E-state index is 4.55. The van der Waals surface area contributed by atoms with Crippen molar-refractivity contribution in [3.8, 4) is 0 Å². The van der Waals surface area contributed by atoms with Crippen LogP contribution < -0.4 is 10.6 Å². The molecule has 1 fully saturated rings. The van der Waals surface area contributed by atoms with Gasteiger partial charge in [-0.15, -0.1) is 0 Å². The number of hydrogen-bond donors (Lipinski definition) is 2. The van der Waals surface area contributed by atoms with Gasteiger partial charge < -0.3 is 10.6 Å². The zero-order chi connectivity index (χ0) is 12.7. The molecule has 1 aliphatic carbocycles. The number of aliphatic imine (C=N–C) groups is 1. The Kier molecular flexibility index (Phi) is 2.63. The summed E-state index contributed by atoms with van der Waals surface area (Å²) in [4.78, 5) is 11.4. The van der Waals surface area contributed by atoms with E-state index in [-0.39, 0.29) is 0 Å². The van der Waals surface area contributed by atoms with Gasteiger partial charge in [-0.2, -0.15) is 0 Å². The lowest BCUT2D eigenvalue weighted by Crippen LogP contribution is -2.46. The maximum Gasteiger partial charge on any atom is 0.199 e. The number of nitrogens with one attached hydrogen (secondary N) is 2. The third-order valence-electron chi connectivity index (χ3n) is 3.44. The first kappa shape index (κ1) is 11.2. The number of guanidine groups is 1. The minimum atomic E-state index is 0.750. The molecule has 5 nitrogen and oxygen atoms in total. The van der Waals surface area contributed by atoms with Crippen LogP contribution in [0.25, 0.3) is 10.2 Å². The number of fused-ring (bicyclic) bond motifs is 1. The minimum Gasteiger partial charge on any atom is -0.343 e. The van der Waals surface area contributed by atoms with Crippen molar-refractivity contribution in [1.82, 2.24) is 15.2 Å². The van der Waals surface area contributed by atoms with Crippen LogP contribution in [0, 0.1) is 0 Å².